The molecule has 0 aliphatic heterocycles. The summed E-state index contributed by atoms with van der Waals surface area (Å²) < 4.78 is 13.9. The van der Waals surface area contributed by atoms with Crippen LogP contribution in [0.25, 0.3) is 0 Å². The molecule has 1 aromatic carbocycles. The van der Waals surface area contributed by atoms with Crippen molar-refractivity contribution in [2.45, 2.75) is 33.7 Å². The molecule has 0 saturated heterocycles. The number of benzene rings is 1. The quantitative estimate of drug-likeness (QED) is 0.861. The lowest BCUT2D eigenvalue weighted by molar-refractivity contribution is -0.125. The van der Waals surface area contributed by atoms with Crippen molar-refractivity contribution in [3.63, 3.8) is 0 Å². The number of amides is 1. The predicted molar refractivity (Wildman–Crippen MR) is 82.6 cm³/mol. The summed E-state index contributed by atoms with van der Waals surface area (Å²) in [4.78, 5) is 12.1. The Morgan fingerprint density at radius 3 is 2.65 bits per heavy atom. The second kappa shape index (κ2) is 7.18. The molecule has 5 heteroatoms. The second-order valence-corrected chi connectivity index (χ2v) is 7.01. The number of halogens is 2. The van der Waals surface area contributed by atoms with E-state index in [0.29, 0.717) is 12.1 Å². The average Bonchev–Trinajstić information content (AvgIpc) is 2.35. The number of carbonyl (C=O) groups is 1. The summed E-state index contributed by atoms with van der Waals surface area (Å²) in [7, 11) is 0. The molecule has 0 fully saturated rings. The van der Waals surface area contributed by atoms with Crippen LogP contribution in [0.5, 0.6) is 0 Å². The number of rotatable bonds is 5. The monoisotopic (exact) mass is 344 g/mol. The van der Waals surface area contributed by atoms with Gasteiger partial charge < -0.3 is 11.1 Å². The molecule has 20 heavy (non-hydrogen) atoms. The molecule has 0 spiro atoms. The van der Waals surface area contributed by atoms with Crippen LogP contribution < -0.4 is 11.1 Å². The molecule has 3 N–H and O–H groups in total. The van der Waals surface area contributed by atoms with E-state index in [1.807, 2.05) is 0 Å². The lowest BCUT2D eigenvalue weighted by atomic mass is 9.84. The fraction of sp³-hybridized carbons (Fsp3) is 0.533. The molecule has 0 bridgehead atoms. The molecular formula is C15H22BrFN2O. The molecular weight excluding hydrogens is 323 g/mol. The number of nitrogens with two attached hydrogens (primary N) is 1. The third kappa shape index (κ3) is 5.59. The Hall–Kier alpha value is -0.940. The van der Waals surface area contributed by atoms with Crippen molar-refractivity contribution in [3.8, 4) is 0 Å². The summed E-state index contributed by atoms with van der Waals surface area (Å²) >= 11 is 3.34. The first-order chi connectivity index (χ1) is 9.23. The average molecular weight is 345 g/mol. The molecule has 0 heterocycles. The van der Waals surface area contributed by atoms with Gasteiger partial charge in [-0.3, -0.25) is 4.79 Å². The highest BCUT2D eigenvalue weighted by Gasteiger charge is 2.23. The Bertz CT molecular complexity index is 471. The zero-order valence-electron chi connectivity index (χ0n) is 12.2. The fourth-order valence-electron chi connectivity index (χ4n) is 2.03. The minimum atomic E-state index is -0.317. The van der Waals surface area contributed by atoms with E-state index in [2.05, 4.69) is 42.0 Å². The van der Waals surface area contributed by atoms with Crippen LogP contribution in [0, 0.1) is 17.2 Å². The third-order valence-electron chi connectivity index (χ3n) is 2.97. The molecule has 1 rings (SSSR count). The van der Waals surface area contributed by atoms with Gasteiger partial charge in [0.25, 0.3) is 0 Å². The lowest BCUT2D eigenvalue weighted by Gasteiger charge is -2.24. The molecule has 1 unspecified atom stereocenters. The van der Waals surface area contributed by atoms with Gasteiger partial charge in [0.2, 0.25) is 5.91 Å². The molecule has 0 aromatic heterocycles. The van der Waals surface area contributed by atoms with E-state index in [4.69, 9.17) is 5.73 Å². The Kier molecular flexibility index (Phi) is 6.14. The molecule has 0 saturated carbocycles. The maximum absolute atomic E-state index is 13.2. The van der Waals surface area contributed by atoms with Crippen molar-refractivity contribution in [1.82, 2.24) is 5.32 Å². The van der Waals surface area contributed by atoms with Crippen molar-refractivity contribution >= 4 is 21.8 Å². The van der Waals surface area contributed by atoms with Gasteiger partial charge in [0.1, 0.15) is 5.82 Å². The minimum absolute atomic E-state index is 0.0425. The van der Waals surface area contributed by atoms with Crippen molar-refractivity contribution in [3.05, 3.63) is 34.1 Å². The summed E-state index contributed by atoms with van der Waals surface area (Å²) in [6.07, 6.45) is 0.722. The number of nitrogens with one attached hydrogen (secondary N) is 1. The standard InChI is InChI=1S/C15H22BrFN2O/c1-15(2,3)7-11(8-18)14(20)19-9-10-6-12(17)4-5-13(10)16/h4-6,11H,7-9,18H2,1-3H3,(H,19,20). The molecule has 0 radical (unpaired) electrons. The predicted octanol–water partition coefficient (Wildman–Crippen LogP) is 3.22. The zero-order chi connectivity index (χ0) is 15.3. The van der Waals surface area contributed by atoms with Crippen LogP contribution in [0.15, 0.2) is 22.7 Å². The van der Waals surface area contributed by atoms with Crippen LogP contribution in [-0.2, 0) is 11.3 Å². The minimum Gasteiger partial charge on any atom is -0.352 e. The van der Waals surface area contributed by atoms with Crippen LogP contribution in [0.3, 0.4) is 0 Å². The number of carbonyl (C=O) groups excluding carboxylic acids is 1. The van der Waals surface area contributed by atoms with E-state index in [-0.39, 0.29) is 29.6 Å². The van der Waals surface area contributed by atoms with Gasteiger partial charge in [0, 0.05) is 17.6 Å². The van der Waals surface area contributed by atoms with Crippen LogP contribution in [0.2, 0.25) is 0 Å². The van der Waals surface area contributed by atoms with Crippen LogP contribution in [0.4, 0.5) is 4.39 Å². The summed E-state index contributed by atoms with van der Waals surface area (Å²) in [6, 6.07) is 4.41. The Morgan fingerprint density at radius 1 is 1.45 bits per heavy atom. The first-order valence-corrected chi connectivity index (χ1v) is 7.44. The first kappa shape index (κ1) is 17.1. The van der Waals surface area contributed by atoms with Crippen molar-refractivity contribution in [1.29, 1.82) is 0 Å². The largest absolute Gasteiger partial charge is 0.352 e. The van der Waals surface area contributed by atoms with Gasteiger partial charge >= 0.3 is 0 Å². The SMILES string of the molecule is CC(C)(C)CC(CN)C(=O)NCc1cc(F)ccc1Br. The zero-order valence-corrected chi connectivity index (χ0v) is 13.8. The number of hydrogen-bond acceptors (Lipinski definition) is 2. The topological polar surface area (TPSA) is 55.1 Å². The van der Waals surface area contributed by atoms with Gasteiger partial charge in [0.15, 0.2) is 0 Å². The second-order valence-electron chi connectivity index (χ2n) is 6.15. The Labute approximate surface area is 128 Å². The van der Waals surface area contributed by atoms with Crippen molar-refractivity contribution < 1.29 is 9.18 Å². The fourth-order valence-corrected chi connectivity index (χ4v) is 2.41. The molecule has 1 amide bonds. The van der Waals surface area contributed by atoms with Crippen LogP contribution in [-0.4, -0.2) is 12.5 Å². The molecule has 1 atom stereocenters. The summed E-state index contributed by atoms with van der Waals surface area (Å²) in [5.74, 6) is -0.622. The lowest BCUT2D eigenvalue weighted by Crippen LogP contribution is -2.36. The van der Waals surface area contributed by atoms with Crippen molar-refractivity contribution in [2.24, 2.45) is 17.1 Å². The van der Waals surface area contributed by atoms with E-state index in [1.54, 1.807) is 6.07 Å². The van der Waals surface area contributed by atoms with Crippen LogP contribution in [0.1, 0.15) is 32.8 Å². The van der Waals surface area contributed by atoms with Gasteiger partial charge in [-0.05, 0) is 35.6 Å². The highest BCUT2D eigenvalue weighted by Crippen LogP contribution is 2.24. The first-order valence-electron chi connectivity index (χ1n) is 6.64. The van der Waals surface area contributed by atoms with E-state index >= 15 is 0 Å². The Balaban J connectivity index is 2.63. The molecule has 1 aromatic rings. The maximum atomic E-state index is 13.2. The molecule has 0 aliphatic carbocycles. The van der Waals surface area contributed by atoms with Crippen molar-refractivity contribution in [2.75, 3.05) is 6.54 Å². The summed E-state index contributed by atoms with van der Waals surface area (Å²) in [6.45, 7) is 6.83. The highest BCUT2D eigenvalue weighted by molar-refractivity contribution is 9.10. The van der Waals surface area contributed by atoms with Gasteiger partial charge in [-0.2, -0.15) is 0 Å². The number of hydrogen-bond donors (Lipinski definition) is 2. The van der Waals surface area contributed by atoms with E-state index in [0.717, 1.165) is 10.9 Å². The maximum Gasteiger partial charge on any atom is 0.224 e. The van der Waals surface area contributed by atoms with Crippen LogP contribution >= 0.6 is 15.9 Å². The molecule has 3 nitrogen and oxygen atoms in total. The summed E-state index contributed by atoms with van der Waals surface area (Å²) in [5, 5.41) is 2.82. The van der Waals surface area contributed by atoms with Gasteiger partial charge in [0.05, 0.1) is 5.92 Å². The van der Waals surface area contributed by atoms with E-state index in [9.17, 15) is 9.18 Å². The smallest absolute Gasteiger partial charge is 0.224 e. The highest BCUT2D eigenvalue weighted by atomic mass is 79.9. The molecule has 112 valence electrons. The van der Waals surface area contributed by atoms with Gasteiger partial charge in [-0.25, -0.2) is 4.39 Å². The summed E-state index contributed by atoms with van der Waals surface area (Å²) in [5.41, 5.74) is 6.43. The van der Waals surface area contributed by atoms with E-state index in [1.165, 1.54) is 12.1 Å². The van der Waals surface area contributed by atoms with Gasteiger partial charge in [-0.1, -0.05) is 36.7 Å². The molecule has 0 aliphatic rings. The third-order valence-corrected chi connectivity index (χ3v) is 3.75. The normalized spacial score (nSPS) is 13.1. The Morgan fingerprint density at radius 2 is 2.10 bits per heavy atom. The van der Waals surface area contributed by atoms with Gasteiger partial charge in [-0.15, -0.1) is 0 Å². The van der Waals surface area contributed by atoms with E-state index < -0.39 is 0 Å².